The lowest BCUT2D eigenvalue weighted by Gasteiger charge is -2.01. The standard InChI is InChI=1S/C14H15N5/c1-3-9-16-14-13(10-15)17-19(18-14)12-7-5-11(4-2)6-8-12/h3,5-8H,1,4,9H2,2H3,(H,16,18). The summed E-state index contributed by atoms with van der Waals surface area (Å²) >= 11 is 0. The number of aromatic nitrogens is 3. The second kappa shape index (κ2) is 5.83. The highest BCUT2D eigenvalue weighted by atomic mass is 15.5. The van der Waals surface area contributed by atoms with Crippen LogP contribution >= 0.6 is 0 Å². The summed E-state index contributed by atoms with van der Waals surface area (Å²) in [5, 5.41) is 20.4. The maximum Gasteiger partial charge on any atom is 0.207 e. The van der Waals surface area contributed by atoms with E-state index in [1.807, 2.05) is 30.3 Å². The molecule has 0 aliphatic heterocycles. The molecule has 0 saturated heterocycles. The molecule has 0 fully saturated rings. The lowest BCUT2D eigenvalue weighted by Crippen LogP contribution is -2.02. The van der Waals surface area contributed by atoms with E-state index in [1.165, 1.54) is 10.4 Å². The van der Waals surface area contributed by atoms with Crippen molar-refractivity contribution in [1.29, 1.82) is 5.26 Å². The minimum Gasteiger partial charge on any atom is -0.363 e. The van der Waals surface area contributed by atoms with Gasteiger partial charge in [-0.2, -0.15) is 5.26 Å². The highest BCUT2D eigenvalue weighted by Gasteiger charge is 2.10. The van der Waals surface area contributed by atoms with Crippen molar-refractivity contribution in [3.63, 3.8) is 0 Å². The molecule has 0 amide bonds. The van der Waals surface area contributed by atoms with E-state index >= 15 is 0 Å². The zero-order valence-electron chi connectivity index (χ0n) is 10.8. The largest absolute Gasteiger partial charge is 0.363 e. The number of aryl methyl sites for hydroxylation is 1. The number of benzene rings is 1. The first-order chi connectivity index (χ1) is 9.28. The van der Waals surface area contributed by atoms with Gasteiger partial charge in [-0.25, -0.2) is 0 Å². The Kier molecular flexibility index (Phi) is 3.94. The second-order valence-corrected chi connectivity index (χ2v) is 3.99. The predicted molar refractivity (Wildman–Crippen MR) is 74.1 cm³/mol. The van der Waals surface area contributed by atoms with Gasteiger partial charge in [-0.3, -0.25) is 0 Å². The van der Waals surface area contributed by atoms with Gasteiger partial charge < -0.3 is 5.32 Å². The fraction of sp³-hybridized carbons (Fsp3) is 0.214. The molecule has 1 N–H and O–H groups in total. The minimum absolute atomic E-state index is 0.279. The van der Waals surface area contributed by atoms with E-state index in [2.05, 4.69) is 29.0 Å². The maximum atomic E-state index is 9.03. The van der Waals surface area contributed by atoms with Gasteiger partial charge in [0.1, 0.15) is 6.07 Å². The minimum atomic E-state index is 0.279. The summed E-state index contributed by atoms with van der Waals surface area (Å²) in [5.41, 5.74) is 2.36. The van der Waals surface area contributed by atoms with Gasteiger partial charge in [0, 0.05) is 6.54 Å². The number of hydrogen-bond acceptors (Lipinski definition) is 4. The summed E-state index contributed by atoms with van der Waals surface area (Å²) < 4.78 is 0. The molecular formula is C14H15N5. The van der Waals surface area contributed by atoms with Gasteiger partial charge >= 0.3 is 0 Å². The maximum absolute atomic E-state index is 9.03. The summed E-state index contributed by atoms with van der Waals surface area (Å²) in [6.45, 7) is 6.26. The average molecular weight is 253 g/mol. The number of nitrogens with one attached hydrogen (secondary N) is 1. The van der Waals surface area contributed by atoms with Crippen LogP contribution in [-0.4, -0.2) is 21.5 Å². The number of nitrogens with zero attached hydrogens (tertiary/aromatic N) is 4. The number of anilines is 1. The SMILES string of the molecule is C=CCNc1nn(-c2ccc(CC)cc2)nc1C#N. The predicted octanol–water partition coefficient (Wildman–Crippen LogP) is 2.30. The van der Waals surface area contributed by atoms with Gasteiger partial charge in [0.2, 0.25) is 5.69 Å². The van der Waals surface area contributed by atoms with Crippen molar-refractivity contribution in [3.05, 3.63) is 48.2 Å². The Morgan fingerprint density at radius 3 is 2.68 bits per heavy atom. The van der Waals surface area contributed by atoms with E-state index in [0.29, 0.717) is 12.4 Å². The molecule has 96 valence electrons. The van der Waals surface area contributed by atoms with Crippen LogP contribution in [0.4, 0.5) is 5.82 Å². The summed E-state index contributed by atoms with van der Waals surface area (Å²) in [7, 11) is 0. The first-order valence-corrected chi connectivity index (χ1v) is 6.10. The molecule has 0 aliphatic rings. The van der Waals surface area contributed by atoms with Gasteiger partial charge in [0.05, 0.1) is 5.69 Å². The van der Waals surface area contributed by atoms with Gasteiger partial charge in [-0.1, -0.05) is 25.1 Å². The molecule has 0 atom stereocenters. The first-order valence-electron chi connectivity index (χ1n) is 6.10. The van der Waals surface area contributed by atoms with E-state index in [-0.39, 0.29) is 5.69 Å². The zero-order valence-corrected chi connectivity index (χ0v) is 10.8. The molecular weight excluding hydrogens is 238 g/mol. The van der Waals surface area contributed by atoms with E-state index in [9.17, 15) is 0 Å². The Morgan fingerprint density at radius 1 is 1.37 bits per heavy atom. The van der Waals surface area contributed by atoms with Gasteiger partial charge in [0.25, 0.3) is 0 Å². The van der Waals surface area contributed by atoms with Crippen molar-refractivity contribution in [1.82, 2.24) is 15.0 Å². The molecule has 0 spiro atoms. The lowest BCUT2D eigenvalue weighted by molar-refractivity contribution is 0.750. The second-order valence-electron chi connectivity index (χ2n) is 3.99. The van der Waals surface area contributed by atoms with Crippen LogP contribution in [-0.2, 0) is 6.42 Å². The van der Waals surface area contributed by atoms with Crippen LogP contribution < -0.4 is 5.32 Å². The van der Waals surface area contributed by atoms with Crippen molar-refractivity contribution in [3.8, 4) is 11.8 Å². The molecule has 5 nitrogen and oxygen atoms in total. The molecule has 0 radical (unpaired) electrons. The van der Waals surface area contributed by atoms with Crippen LogP contribution in [0.15, 0.2) is 36.9 Å². The van der Waals surface area contributed by atoms with E-state index < -0.39 is 0 Å². The normalized spacial score (nSPS) is 9.89. The van der Waals surface area contributed by atoms with Crippen LogP contribution in [0.3, 0.4) is 0 Å². The fourth-order valence-corrected chi connectivity index (χ4v) is 1.65. The molecule has 1 heterocycles. The summed E-state index contributed by atoms with van der Waals surface area (Å²) in [5.74, 6) is 0.474. The number of nitriles is 1. The molecule has 0 saturated carbocycles. The third-order valence-corrected chi connectivity index (χ3v) is 2.71. The van der Waals surface area contributed by atoms with Crippen molar-refractivity contribution >= 4 is 5.82 Å². The zero-order chi connectivity index (χ0) is 13.7. The summed E-state index contributed by atoms with van der Waals surface area (Å²) in [4.78, 5) is 1.46. The third-order valence-electron chi connectivity index (χ3n) is 2.71. The number of rotatable bonds is 5. The van der Waals surface area contributed by atoms with E-state index in [4.69, 9.17) is 5.26 Å². The summed E-state index contributed by atoms with van der Waals surface area (Å²) in [6.07, 6.45) is 2.69. The van der Waals surface area contributed by atoms with Crippen LogP contribution in [0, 0.1) is 11.3 Å². The molecule has 0 aliphatic carbocycles. The molecule has 0 bridgehead atoms. The van der Waals surface area contributed by atoms with E-state index in [1.54, 1.807) is 6.08 Å². The summed E-state index contributed by atoms with van der Waals surface area (Å²) in [6, 6.07) is 9.97. The highest BCUT2D eigenvalue weighted by Crippen LogP contribution is 2.13. The van der Waals surface area contributed by atoms with Crippen molar-refractivity contribution in [2.75, 3.05) is 11.9 Å². The Hall–Kier alpha value is -2.61. The van der Waals surface area contributed by atoms with Gasteiger partial charge in [-0.05, 0) is 24.1 Å². The van der Waals surface area contributed by atoms with E-state index in [0.717, 1.165) is 12.1 Å². The molecule has 1 aromatic carbocycles. The highest BCUT2D eigenvalue weighted by molar-refractivity contribution is 5.48. The van der Waals surface area contributed by atoms with Gasteiger partial charge in [-0.15, -0.1) is 21.6 Å². The lowest BCUT2D eigenvalue weighted by atomic mass is 10.2. The van der Waals surface area contributed by atoms with Crippen molar-refractivity contribution in [2.45, 2.75) is 13.3 Å². The fourth-order valence-electron chi connectivity index (χ4n) is 1.65. The molecule has 1 aromatic heterocycles. The molecule has 19 heavy (non-hydrogen) atoms. The van der Waals surface area contributed by atoms with Crippen molar-refractivity contribution in [2.24, 2.45) is 0 Å². The topological polar surface area (TPSA) is 66.5 Å². The quantitative estimate of drug-likeness (QED) is 0.830. The Balaban J connectivity index is 2.31. The third kappa shape index (κ3) is 2.80. The molecule has 5 heteroatoms. The Bertz CT molecular complexity index is 604. The molecule has 2 aromatic rings. The van der Waals surface area contributed by atoms with Crippen LogP contribution in [0.25, 0.3) is 5.69 Å². The Labute approximate surface area is 112 Å². The van der Waals surface area contributed by atoms with Crippen LogP contribution in [0.5, 0.6) is 0 Å². The first kappa shape index (κ1) is 12.8. The van der Waals surface area contributed by atoms with Crippen LogP contribution in [0.1, 0.15) is 18.2 Å². The molecule has 2 rings (SSSR count). The Morgan fingerprint density at radius 2 is 2.11 bits per heavy atom. The van der Waals surface area contributed by atoms with Crippen molar-refractivity contribution < 1.29 is 0 Å². The number of hydrogen-bond donors (Lipinski definition) is 1. The smallest absolute Gasteiger partial charge is 0.207 e. The molecule has 0 unspecified atom stereocenters. The van der Waals surface area contributed by atoms with Crippen LogP contribution in [0.2, 0.25) is 0 Å². The van der Waals surface area contributed by atoms with Gasteiger partial charge in [0.15, 0.2) is 5.82 Å². The average Bonchev–Trinajstić information content (AvgIpc) is 2.88. The monoisotopic (exact) mass is 253 g/mol.